The smallest absolute Gasteiger partial charge is 0.368 e. The van der Waals surface area contributed by atoms with E-state index >= 15 is 0 Å². The van der Waals surface area contributed by atoms with Crippen molar-refractivity contribution in [3.8, 4) is 16.9 Å². The third kappa shape index (κ3) is 3.61. The van der Waals surface area contributed by atoms with Crippen LogP contribution in [0.3, 0.4) is 0 Å². The number of tetrazole rings is 1. The SMILES string of the molecule is Cc1cccc(-n2nnn(C)c2=O)c1CSc1nc(-c2ccc(Cl)cc2)co1. The Morgan fingerprint density at radius 2 is 1.93 bits per heavy atom. The summed E-state index contributed by atoms with van der Waals surface area (Å²) >= 11 is 7.39. The van der Waals surface area contributed by atoms with E-state index in [-0.39, 0.29) is 5.69 Å². The number of hydrogen-bond donors (Lipinski definition) is 0. The second-order valence-corrected chi connectivity index (χ2v) is 7.53. The summed E-state index contributed by atoms with van der Waals surface area (Å²) in [5.41, 5.74) is 4.11. The molecule has 0 fully saturated rings. The van der Waals surface area contributed by atoms with Gasteiger partial charge in [-0.15, -0.1) is 0 Å². The lowest BCUT2D eigenvalue weighted by molar-refractivity contribution is 0.454. The predicted molar refractivity (Wildman–Crippen MR) is 108 cm³/mol. The number of aryl methyl sites for hydroxylation is 2. The number of rotatable bonds is 5. The lowest BCUT2D eigenvalue weighted by Gasteiger charge is -2.10. The zero-order valence-electron chi connectivity index (χ0n) is 15.2. The van der Waals surface area contributed by atoms with Gasteiger partial charge in [0.2, 0.25) is 0 Å². The zero-order chi connectivity index (χ0) is 19.7. The van der Waals surface area contributed by atoms with E-state index in [0.717, 1.165) is 22.4 Å². The normalized spacial score (nSPS) is 11.1. The summed E-state index contributed by atoms with van der Waals surface area (Å²) in [5.74, 6) is 0.575. The Balaban J connectivity index is 1.58. The second-order valence-electron chi connectivity index (χ2n) is 6.16. The van der Waals surface area contributed by atoms with Crippen molar-refractivity contribution < 1.29 is 4.42 Å². The number of oxazole rings is 1. The Morgan fingerprint density at radius 1 is 1.14 bits per heavy atom. The molecular formula is C19H16ClN5O2S. The van der Waals surface area contributed by atoms with Crippen LogP contribution >= 0.6 is 23.4 Å². The van der Waals surface area contributed by atoms with Gasteiger partial charge in [0.25, 0.3) is 5.22 Å². The highest BCUT2D eigenvalue weighted by atomic mass is 35.5. The summed E-state index contributed by atoms with van der Waals surface area (Å²) in [7, 11) is 1.57. The third-order valence-corrected chi connectivity index (χ3v) is 5.42. The van der Waals surface area contributed by atoms with Crippen molar-refractivity contribution in [3.63, 3.8) is 0 Å². The Hall–Kier alpha value is -2.84. The minimum Gasteiger partial charge on any atom is -0.439 e. The number of aromatic nitrogens is 5. The van der Waals surface area contributed by atoms with Gasteiger partial charge in [-0.25, -0.2) is 9.78 Å². The van der Waals surface area contributed by atoms with Crippen LogP contribution in [0.15, 0.2) is 63.2 Å². The largest absolute Gasteiger partial charge is 0.439 e. The first-order chi connectivity index (χ1) is 13.5. The van der Waals surface area contributed by atoms with Gasteiger partial charge in [-0.2, -0.15) is 9.36 Å². The van der Waals surface area contributed by atoms with E-state index < -0.39 is 0 Å². The zero-order valence-corrected chi connectivity index (χ0v) is 16.7. The number of nitrogens with zero attached hydrogens (tertiary/aromatic N) is 5. The van der Waals surface area contributed by atoms with E-state index in [2.05, 4.69) is 15.4 Å². The highest BCUT2D eigenvalue weighted by molar-refractivity contribution is 7.98. The van der Waals surface area contributed by atoms with E-state index in [1.807, 2.05) is 49.4 Å². The van der Waals surface area contributed by atoms with Gasteiger partial charge in [0.1, 0.15) is 12.0 Å². The molecule has 0 aliphatic carbocycles. The van der Waals surface area contributed by atoms with E-state index in [0.29, 0.717) is 21.7 Å². The molecule has 0 amide bonds. The van der Waals surface area contributed by atoms with Gasteiger partial charge in [-0.3, -0.25) is 0 Å². The van der Waals surface area contributed by atoms with Crippen LogP contribution in [0.2, 0.25) is 5.02 Å². The van der Waals surface area contributed by atoms with Crippen LogP contribution in [0.5, 0.6) is 0 Å². The van der Waals surface area contributed by atoms with Gasteiger partial charge in [0.15, 0.2) is 0 Å². The van der Waals surface area contributed by atoms with Crippen LogP contribution in [-0.2, 0) is 12.8 Å². The number of hydrogen-bond acceptors (Lipinski definition) is 6. The molecule has 2 aromatic heterocycles. The van der Waals surface area contributed by atoms with Gasteiger partial charge in [-0.1, -0.05) is 47.6 Å². The number of benzene rings is 2. The summed E-state index contributed by atoms with van der Waals surface area (Å²) in [6, 6.07) is 13.2. The summed E-state index contributed by atoms with van der Waals surface area (Å²) in [4.78, 5) is 16.8. The lowest BCUT2D eigenvalue weighted by atomic mass is 10.1. The monoisotopic (exact) mass is 413 g/mol. The maximum absolute atomic E-state index is 12.2. The molecule has 4 rings (SSSR count). The van der Waals surface area contributed by atoms with Crippen molar-refractivity contribution in [2.24, 2.45) is 7.05 Å². The fraction of sp³-hybridized carbons (Fsp3) is 0.158. The molecule has 0 aliphatic heterocycles. The molecule has 0 unspecified atom stereocenters. The number of halogens is 1. The molecule has 0 N–H and O–H groups in total. The molecule has 0 saturated heterocycles. The first-order valence-electron chi connectivity index (χ1n) is 8.45. The summed E-state index contributed by atoms with van der Waals surface area (Å²) in [6.07, 6.45) is 1.62. The van der Waals surface area contributed by atoms with E-state index in [9.17, 15) is 4.79 Å². The molecule has 2 aromatic carbocycles. The fourth-order valence-corrected chi connectivity index (χ4v) is 3.80. The van der Waals surface area contributed by atoms with Gasteiger partial charge in [0, 0.05) is 23.4 Å². The molecule has 0 spiro atoms. The van der Waals surface area contributed by atoms with Crippen molar-refractivity contribution in [2.45, 2.75) is 17.9 Å². The molecule has 0 saturated carbocycles. The molecule has 2 heterocycles. The minimum absolute atomic E-state index is 0.294. The van der Waals surface area contributed by atoms with Crippen LogP contribution < -0.4 is 5.69 Å². The minimum atomic E-state index is -0.294. The van der Waals surface area contributed by atoms with Gasteiger partial charge >= 0.3 is 5.69 Å². The topological polar surface area (TPSA) is 78.7 Å². The maximum atomic E-state index is 12.2. The molecule has 142 valence electrons. The first kappa shape index (κ1) is 18.5. The summed E-state index contributed by atoms with van der Waals surface area (Å²) < 4.78 is 8.11. The molecule has 7 nitrogen and oxygen atoms in total. The van der Waals surface area contributed by atoms with Crippen LogP contribution in [0.25, 0.3) is 16.9 Å². The van der Waals surface area contributed by atoms with Crippen molar-refractivity contribution in [1.29, 1.82) is 0 Å². The Bertz CT molecular complexity index is 1180. The Kier molecular flexibility index (Phi) is 5.06. The molecule has 0 atom stereocenters. The van der Waals surface area contributed by atoms with Crippen molar-refractivity contribution in [3.05, 3.63) is 75.4 Å². The highest BCUT2D eigenvalue weighted by Crippen LogP contribution is 2.29. The second kappa shape index (κ2) is 7.65. The van der Waals surface area contributed by atoms with Crippen molar-refractivity contribution >= 4 is 23.4 Å². The molecule has 0 radical (unpaired) electrons. The highest BCUT2D eigenvalue weighted by Gasteiger charge is 2.15. The average molecular weight is 414 g/mol. The van der Waals surface area contributed by atoms with E-state index in [1.165, 1.54) is 21.1 Å². The third-order valence-electron chi connectivity index (χ3n) is 4.30. The first-order valence-corrected chi connectivity index (χ1v) is 9.81. The predicted octanol–water partition coefficient (Wildman–Crippen LogP) is 3.88. The van der Waals surface area contributed by atoms with Crippen molar-refractivity contribution in [2.75, 3.05) is 0 Å². The molecule has 28 heavy (non-hydrogen) atoms. The fourth-order valence-electron chi connectivity index (χ4n) is 2.75. The molecule has 4 aromatic rings. The van der Waals surface area contributed by atoms with E-state index in [1.54, 1.807) is 13.3 Å². The standard InChI is InChI=1S/C19H16ClN5O2S/c1-12-4-3-5-17(25-19(26)24(2)22-23-25)15(12)11-28-18-21-16(10-27-18)13-6-8-14(20)9-7-13/h3-10H,11H2,1-2H3. The van der Waals surface area contributed by atoms with Gasteiger partial charge in [-0.05, 0) is 46.7 Å². The quantitative estimate of drug-likeness (QED) is 0.462. The molecular weight excluding hydrogens is 398 g/mol. The van der Waals surface area contributed by atoms with E-state index in [4.69, 9.17) is 16.0 Å². The van der Waals surface area contributed by atoms with Crippen LogP contribution in [0.4, 0.5) is 0 Å². The van der Waals surface area contributed by atoms with Crippen LogP contribution in [0, 0.1) is 6.92 Å². The van der Waals surface area contributed by atoms with Crippen molar-refractivity contribution in [1.82, 2.24) is 24.8 Å². The molecule has 0 aliphatic rings. The Morgan fingerprint density at radius 3 is 2.64 bits per heavy atom. The molecule has 0 bridgehead atoms. The summed E-state index contributed by atoms with van der Waals surface area (Å²) in [6.45, 7) is 2.00. The van der Waals surface area contributed by atoms with Crippen LogP contribution in [0.1, 0.15) is 11.1 Å². The maximum Gasteiger partial charge on any atom is 0.368 e. The Labute approximate surface area is 169 Å². The van der Waals surface area contributed by atoms with Gasteiger partial charge < -0.3 is 4.42 Å². The lowest BCUT2D eigenvalue weighted by Crippen LogP contribution is -2.23. The summed E-state index contributed by atoms with van der Waals surface area (Å²) in [5, 5.41) is 8.97. The average Bonchev–Trinajstić information content (AvgIpc) is 3.29. The van der Waals surface area contributed by atoms with Gasteiger partial charge in [0.05, 0.1) is 5.69 Å². The number of thioether (sulfide) groups is 1. The van der Waals surface area contributed by atoms with Crippen LogP contribution in [-0.4, -0.2) is 24.8 Å². The molecule has 9 heteroatoms.